The van der Waals surface area contributed by atoms with Crippen molar-refractivity contribution in [2.45, 2.75) is 17.2 Å². The monoisotopic (exact) mass is 413 g/mol. The molecule has 0 aliphatic carbocycles. The quantitative estimate of drug-likeness (QED) is 0.436. The Kier molecular flexibility index (Phi) is 4.96. The van der Waals surface area contributed by atoms with Crippen molar-refractivity contribution in [1.29, 1.82) is 0 Å². The van der Waals surface area contributed by atoms with E-state index in [-0.39, 0.29) is 11.6 Å². The summed E-state index contributed by atoms with van der Waals surface area (Å²) in [5, 5.41) is 1.25. The van der Waals surface area contributed by atoms with Crippen LogP contribution in [0.2, 0.25) is 5.02 Å². The second-order valence-corrected chi connectivity index (χ2v) is 9.04. The van der Waals surface area contributed by atoms with Gasteiger partial charge in [0.15, 0.2) is 9.84 Å². The van der Waals surface area contributed by atoms with Gasteiger partial charge >= 0.3 is 0 Å². The van der Waals surface area contributed by atoms with Gasteiger partial charge in [0.1, 0.15) is 5.82 Å². The minimum absolute atomic E-state index is 0.102. The average Bonchev–Trinajstić information content (AvgIpc) is 3.05. The van der Waals surface area contributed by atoms with Gasteiger partial charge in [0.25, 0.3) is 0 Å². The number of benzene rings is 3. The maximum Gasteiger partial charge on any atom is 0.184 e. The van der Waals surface area contributed by atoms with Gasteiger partial charge in [-0.2, -0.15) is 0 Å². The van der Waals surface area contributed by atoms with Crippen LogP contribution in [0.15, 0.2) is 83.9 Å². The molecule has 0 amide bonds. The summed E-state index contributed by atoms with van der Waals surface area (Å²) in [4.78, 5) is 0.292. The van der Waals surface area contributed by atoms with E-state index in [2.05, 4.69) is 0 Å². The zero-order valence-electron chi connectivity index (χ0n) is 14.8. The van der Waals surface area contributed by atoms with Crippen molar-refractivity contribution >= 4 is 32.3 Å². The number of hydrogen-bond acceptors (Lipinski definition) is 2. The van der Waals surface area contributed by atoms with E-state index >= 15 is 0 Å². The molecule has 3 nitrogen and oxygen atoms in total. The van der Waals surface area contributed by atoms with E-state index < -0.39 is 9.84 Å². The van der Waals surface area contributed by atoms with Gasteiger partial charge < -0.3 is 4.57 Å². The zero-order chi connectivity index (χ0) is 19.7. The number of para-hydroxylation sites is 1. The second kappa shape index (κ2) is 7.41. The first-order valence-electron chi connectivity index (χ1n) is 8.72. The standard InChI is InChI=1S/C22H17ClFNO2S/c23-18-9-5-17(6-10-18)15-28(26,27)22-14-25(21-4-2-1-3-20(21)22)13-16-7-11-19(24)12-8-16/h1-12,14H,13,15H2. The molecule has 4 rings (SSSR count). The first-order valence-corrected chi connectivity index (χ1v) is 10.7. The van der Waals surface area contributed by atoms with Crippen LogP contribution in [0.25, 0.3) is 10.9 Å². The number of nitrogens with zero attached hydrogens (tertiary/aromatic N) is 1. The van der Waals surface area contributed by atoms with Gasteiger partial charge in [-0.05, 0) is 41.5 Å². The maximum atomic E-state index is 13.2. The predicted molar refractivity (Wildman–Crippen MR) is 110 cm³/mol. The average molecular weight is 414 g/mol. The Labute approximate surface area is 167 Å². The predicted octanol–water partition coefficient (Wildman–Crippen LogP) is 5.46. The number of aromatic nitrogens is 1. The van der Waals surface area contributed by atoms with Gasteiger partial charge in [0.2, 0.25) is 0 Å². The molecule has 1 aromatic heterocycles. The molecule has 4 aromatic rings. The number of hydrogen-bond donors (Lipinski definition) is 0. The van der Waals surface area contributed by atoms with Crippen LogP contribution >= 0.6 is 11.6 Å². The molecular weight excluding hydrogens is 397 g/mol. The van der Waals surface area contributed by atoms with Crippen molar-refractivity contribution < 1.29 is 12.8 Å². The van der Waals surface area contributed by atoms with E-state index in [0.29, 0.717) is 27.4 Å². The van der Waals surface area contributed by atoms with Gasteiger partial charge in [-0.25, -0.2) is 12.8 Å². The molecule has 0 aliphatic heterocycles. The van der Waals surface area contributed by atoms with E-state index in [1.807, 2.05) is 28.8 Å². The Balaban J connectivity index is 1.74. The maximum absolute atomic E-state index is 13.2. The van der Waals surface area contributed by atoms with Crippen molar-refractivity contribution in [3.05, 3.63) is 101 Å². The molecule has 3 aromatic carbocycles. The van der Waals surface area contributed by atoms with Crippen LogP contribution in [0.4, 0.5) is 4.39 Å². The molecule has 0 N–H and O–H groups in total. The molecule has 0 unspecified atom stereocenters. The highest BCUT2D eigenvalue weighted by Gasteiger charge is 2.21. The molecular formula is C22H17ClFNO2S. The number of rotatable bonds is 5. The molecule has 0 spiro atoms. The molecule has 0 aliphatic rings. The van der Waals surface area contributed by atoms with Crippen molar-refractivity contribution in [1.82, 2.24) is 4.57 Å². The van der Waals surface area contributed by atoms with E-state index in [1.54, 1.807) is 42.6 Å². The molecule has 0 saturated heterocycles. The lowest BCUT2D eigenvalue weighted by atomic mass is 10.2. The lowest BCUT2D eigenvalue weighted by molar-refractivity contribution is 0.595. The summed E-state index contributed by atoms with van der Waals surface area (Å²) in [6, 6.07) is 20.4. The Morgan fingerprint density at radius 2 is 1.50 bits per heavy atom. The number of fused-ring (bicyclic) bond motifs is 1. The first kappa shape index (κ1) is 18.7. The summed E-state index contributed by atoms with van der Waals surface area (Å²) in [5.74, 6) is -0.401. The molecule has 142 valence electrons. The Hall–Kier alpha value is -2.63. The highest BCUT2D eigenvalue weighted by atomic mass is 35.5. The van der Waals surface area contributed by atoms with Crippen molar-refractivity contribution in [2.75, 3.05) is 0 Å². The fourth-order valence-electron chi connectivity index (χ4n) is 3.26. The van der Waals surface area contributed by atoms with Crippen LogP contribution in [0.5, 0.6) is 0 Å². The topological polar surface area (TPSA) is 39.1 Å². The summed E-state index contributed by atoms with van der Waals surface area (Å²) < 4.78 is 41.3. The number of sulfone groups is 1. The van der Waals surface area contributed by atoms with E-state index in [4.69, 9.17) is 11.6 Å². The summed E-state index contributed by atoms with van der Waals surface area (Å²) >= 11 is 5.89. The van der Waals surface area contributed by atoms with Crippen molar-refractivity contribution in [3.63, 3.8) is 0 Å². The molecule has 0 bridgehead atoms. The highest BCUT2D eigenvalue weighted by molar-refractivity contribution is 7.90. The normalized spacial score (nSPS) is 11.8. The summed E-state index contributed by atoms with van der Waals surface area (Å²) in [6.07, 6.45) is 1.67. The minimum atomic E-state index is -3.55. The fraction of sp³-hybridized carbons (Fsp3) is 0.0909. The third kappa shape index (κ3) is 3.81. The van der Waals surface area contributed by atoms with Gasteiger partial charge in [0, 0.05) is 28.7 Å². The SMILES string of the molecule is O=S(=O)(Cc1ccc(Cl)cc1)c1cn(Cc2ccc(F)cc2)c2ccccc12. The van der Waals surface area contributed by atoms with E-state index in [1.165, 1.54) is 12.1 Å². The van der Waals surface area contributed by atoms with Crippen LogP contribution in [0, 0.1) is 5.82 Å². The van der Waals surface area contributed by atoms with E-state index in [9.17, 15) is 12.8 Å². The van der Waals surface area contributed by atoms with E-state index in [0.717, 1.165) is 11.1 Å². The van der Waals surface area contributed by atoms with Crippen LogP contribution < -0.4 is 0 Å². The van der Waals surface area contributed by atoms with Crippen LogP contribution in [-0.4, -0.2) is 13.0 Å². The smallest absolute Gasteiger partial charge is 0.184 e. The lowest BCUT2D eigenvalue weighted by Gasteiger charge is -2.05. The highest BCUT2D eigenvalue weighted by Crippen LogP contribution is 2.29. The summed E-state index contributed by atoms with van der Waals surface area (Å²) in [7, 11) is -3.55. The lowest BCUT2D eigenvalue weighted by Crippen LogP contribution is -2.05. The largest absolute Gasteiger partial charge is 0.342 e. The minimum Gasteiger partial charge on any atom is -0.342 e. The van der Waals surface area contributed by atoms with Crippen molar-refractivity contribution in [2.24, 2.45) is 0 Å². The van der Waals surface area contributed by atoms with Crippen molar-refractivity contribution in [3.8, 4) is 0 Å². The van der Waals surface area contributed by atoms with Crippen LogP contribution in [-0.2, 0) is 22.1 Å². The first-order chi connectivity index (χ1) is 13.4. The molecule has 0 radical (unpaired) electrons. The molecule has 1 heterocycles. The Morgan fingerprint density at radius 3 is 2.21 bits per heavy atom. The van der Waals surface area contributed by atoms with Gasteiger partial charge in [-0.1, -0.05) is 54.1 Å². The van der Waals surface area contributed by atoms with Gasteiger partial charge in [-0.3, -0.25) is 0 Å². The van der Waals surface area contributed by atoms with Crippen LogP contribution in [0.1, 0.15) is 11.1 Å². The molecule has 0 saturated carbocycles. The van der Waals surface area contributed by atoms with Gasteiger partial charge in [0.05, 0.1) is 10.6 Å². The molecule has 0 atom stereocenters. The summed E-state index contributed by atoms with van der Waals surface area (Å²) in [6.45, 7) is 0.456. The molecule has 6 heteroatoms. The third-order valence-electron chi connectivity index (χ3n) is 4.62. The van der Waals surface area contributed by atoms with Gasteiger partial charge in [-0.15, -0.1) is 0 Å². The molecule has 0 fully saturated rings. The summed E-state index contributed by atoms with van der Waals surface area (Å²) in [5.41, 5.74) is 2.39. The third-order valence-corrected chi connectivity index (χ3v) is 6.58. The second-order valence-electron chi connectivity index (χ2n) is 6.65. The van der Waals surface area contributed by atoms with Crippen LogP contribution in [0.3, 0.4) is 0 Å². The zero-order valence-corrected chi connectivity index (χ0v) is 16.4. The molecule has 28 heavy (non-hydrogen) atoms. The Bertz CT molecular complexity index is 1230. The Morgan fingerprint density at radius 1 is 0.857 bits per heavy atom. The fourth-order valence-corrected chi connectivity index (χ4v) is 4.96. The number of halogens is 2.